The van der Waals surface area contributed by atoms with Crippen LogP contribution >= 0.6 is 0 Å². The number of unbranched alkanes of at least 4 members (excludes halogenated alkanes) is 1. The molecule has 0 unspecified atom stereocenters. The van der Waals surface area contributed by atoms with Crippen molar-refractivity contribution in [2.45, 2.75) is 39.7 Å². The van der Waals surface area contributed by atoms with E-state index in [-0.39, 0.29) is 12.1 Å². The summed E-state index contributed by atoms with van der Waals surface area (Å²) in [4.78, 5) is 11.0. The molecule has 0 bridgehead atoms. The van der Waals surface area contributed by atoms with Crippen molar-refractivity contribution >= 4 is 5.97 Å². The fourth-order valence-corrected chi connectivity index (χ4v) is 0.903. The summed E-state index contributed by atoms with van der Waals surface area (Å²) >= 11 is 0. The number of rotatable bonds is 7. The molecule has 0 aliphatic carbocycles. The van der Waals surface area contributed by atoms with Gasteiger partial charge in [-0.1, -0.05) is 19.4 Å². The second-order valence-electron chi connectivity index (χ2n) is 3.18. The summed E-state index contributed by atoms with van der Waals surface area (Å²) < 4.78 is 10.3. The molecular formula is C11H20O3. The van der Waals surface area contributed by atoms with Crippen molar-refractivity contribution in [1.29, 1.82) is 0 Å². The summed E-state index contributed by atoms with van der Waals surface area (Å²) in [6.45, 7) is 6.93. The van der Waals surface area contributed by atoms with Gasteiger partial charge < -0.3 is 9.47 Å². The SMILES string of the molecule is C/C=C\C(=O)O[C@@H](C)COCCCC. The fraction of sp³-hybridized carbons (Fsp3) is 0.727. The van der Waals surface area contributed by atoms with Crippen molar-refractivity contribution in [1.82, 2.24) is 0 Å². The molecule has 82 valence electrons. The maximum atomic E-state index is 11.0. The lowest BCUT2D eigenvalue weighted by Crippen LogP contribution is -2.19. The van der Waals surface area contributed by atoms with Gasteiger partial charge in [-0.15, -0.1) is 0 Å². The maximum absolute atomic E-state index is 11.0. The number of esters is 1. The average molecular weight is 200 g/mol. The lowest BCUT2D eigenvalue weighted by Gasteiger charge is -2.11. The molecule has 0 saturated carbocycles. The van der Waals surface area contributed by atoms with Crippen LogP contribution in [0.4, 0.5) is 0 Å². The molecule has 0 aromatic heterocycles. The summed E-state index contributed by atoms with van der Waals surface area (Å²) in [6.07, 6.45) is 5.06. The third-order valence-corrected chi connectivity index (χ3v) is 1.61. The summed E-state index contributed by atoms with van der Waals surface area (Å²) in [5, 5.41) is 0. The molecule has 0 rings (SSSR count). The number of carbonyl (C=O) groups excluding carboxylic acids is 1. The highest BCUT2D eigenvalue weighted by Crippen LogP contribution is 1.96. The van der Waals surface area contributed by atoms with E-state index in [0.29, 0.717) is 6.61 Å². The highest BCUT2D eigenvalue weighted by Gasteiger charge is 2.05. The summed E-state index contributed by atoms with van der Waals surface area (Å²) in [7, 11) is 0. The Morgan fingerprint density at radius 2 is 2.21 bits per heavy atom. The molecule has 14 heavy (non-hydrogen) atoms. The van der Waals surface area contributed by atoms with Crippen molar-refractivity contribution in [3.05, 3.63) is 12.2 Å². The van der Waals surface area contributed by atoms with Gasteiger partial charge in [0.1, 0.15) is 6.10 Å². The summed E-state index contributed by atoms with van der Waals surface area (Å²) in [6, 6.07) is 0. The van der Waals surface area contributed by atoms with Crippen molar-refractivity contribution in [3.8, 4) is 0 Å². The van der Waals surface area contributed by atoms with Crippen LogP contribution in [0.3, 0.4) is 0 Å². The Morgan fingerprint density at radius 1 is 1.50 bits per heavy atom. The summed E-state index contributed by atoms with van der Waals surface area (Å²) in [5.74, 6) is -0.306. The van der Waals surface area contributed by atoms with Gasteiger partial charge >= 0.3 is 5.97 Å². The minimum absolute atomic E-state index is 0.171. The van der Waals surface area contributed by atoms with Gasteiger partial charge in [-0.2, -0.15) is 0 Å². The van der Waals surface area contributed by atoms with Crippen LogP contribution in [0, 0.1) is 0 Å². The molecule has 0 aromatic carbocycles. The number of hydrogen-bond donors (Lipinski definition) is 0. The van der Waals surface area contributed by atoms with E-state index in [2.05, 4.69) is 6.92 Å². The van der Waals surface area contributed by atoms with E-state index in [4.69, 9.17) is 9.47 Å². The third kappa shape index (κ3) is 7.80. The van der Waals surface area contributed by atoms with Crippen LogP contribution in [-0.2, 0) is 14.3 Å². The van der Waals surface area contributed by atoms with Crippen LogP contribution in [0.5, 0.6) is 0 Å². The molecule has 0 fully saturated rings. The third-order valence-electron chi connectivity index (χ3n) is 1.61. The first kappa shape index (κ1) is 13.2. The van der Waals surface area contributed by atoms with Crippen LogP contribution in [0.2, 0.25) is 0 Å². The van der Waals surface area contributed by atoms with Crippen molar-refractivity contribution in [3.63, 3.8) is 0 Å². The zero-order valence-electron chi connectivity index (χ0n) is 9.29. The molecule has 0 amide bonds. The molecule has 3 heteroatoms. The normalized spacial score (nSPS) is 13.1. The second-order valence-corrected chi connectivity index (χ2v) is 3.18. The molecule has 0 heterocycles. The molecule has 0 saturated heterocycles. The van der Waals surface area contributed by atoms with Crippen LogP contribution < -0.4 is 0 Å². The molecule has 0 aromatic rings. The Morgan fingerprint density at radius 3 is 2.79 bits per heavy atom. The molecule has 0 N–H and O–H groups in total. The van der Waals surface area contributed by atoms with E-state index in [9.17, 15) is 4.79 Å². The van der Waals surface area contributed by atoms with E-state index in [1.807, 2.05) is 6.92 Å². The zero-order valence-corrected chi connectivity index (χ0v) is 9.29. The van der Waals surface area contributed by atoms with E-state index < -0.39 is 0 Å². The lowest BCUT2D eigenvalue weighted by atomic mass is 10.3. The van der Waals surface area contributed by atoms with E-state index in [1.54, 1.807) is 13.0 Å². The molecule has 0 aliphatic heterocycles. The highest BCUT2D eigenvalue weighted by molar-refractivity contribution is 5.81. The molecule has 0 aliphatic rings. The topological polar surface area (TPSA) is 35.5 Å². The molecule has 0 radical (unpaired) electrons. The van der Waals surface area contributed by atoms with E-state index >= 15 is 0 Å². The Labute approximate surface area is 86.1 Å². The van der Waals surface area contributed by atoms with Crippen LogP contribution in [-0.4, -0.2) is 25.3 Å². The minimum Gasteiger partial charge on any atom is -0.457 e. The number of carbonyl (C=O) groups is 1. The smallest absolute Gasteiger partial charge is 0.330 e. The van der Waals surface area contributed by atoms with Crippen molar-refractivity contribution in [2.75, 3.05) is 13.2 Å². The lowest BCUT2D eigenvalue weighted by molar-refractivity contribution is -0.144. The highest BCUT2D eigenvalue weighted by atomic mass is 16.6. The van der Waals surface area contributed by atoms with E-state index in [0.717, 1.165) is 19.4 Å². The first-order valence-electron chi connectivity index (χ1n) is 5.11. The maximum Gasteiger partial charge on any atom is 0.330 e. The van der Waals surface area contributed by atoms with Gasteiger partial charge in [0.25, 0.3) is 0 Å². The average Bonchev–Trinajstić information content (AvgIpc) is 2.13. The van der Waals surface area contributed by atoms with Gasteiger partial charge in [0.2, 0.25) is 0 Å². The van der Waals surface area contributed by atoms with E-state index in [1.165, 1.54) is 6.08 Å². The monoisotopic (exact) mass is 200 g/mol. The molecular weight excluding hydrogens is 180 g/mol. The Bertz CT molecular complexity index is 175. The van der Waals surface area contributed by atoms with Gasteiger partial charge in [0.15, 0.2) is 0 Å². The van der Waals surface area contributed by atoms with Crippen LogP contribution in [0.1, 0.15) is 33.6 Å². The second kappa shape index (κ2) is 8.75. The zero-order chi connectivity index (χ0) is 10.8. The van der Waals surface area contributed by atoms with Gasteiger partial charge in [-0.25, -0.2) is 4.79 Å². The van der Waals surface area contributed by atoms with Gasteiger partial charge in [0, 0.05) is 12.7 Å². The molecule has 0 spiro atoms. The van der Waals surface area contributed by atoms with Gasteiger partial charge in [0.05, 0.1) is 6.61 Å². The Balaban J connectivity index is 3.44. The number of allylic oxidation sites excluding steroid dienone is 1. The van der Waals surface area contributed by atoms with Gasteiger partial charge in [-0.3, -0.25) is 0 Å². The number of hydrogen-bond acceptors (Lipinski definition) is 3. The quantitative estimate of drug-likeness (QED) is 0.359. The van der Waals surface area contributed by atoms with Gasteiger partial charge in [-0.05, 0) is 20.3 Å². The largest absolute Gasteiger partial charge is 0.457 e. The van der Waals surface area contributed by atoms with Crippen LogP contribution in [0.25, 0.3) is 0 Å². The van der Waals surface area contributed by atoms with Crippen molar-refractivity contribution in [2.24, 2.45) is 0 Å². The first-order valence-corrected chi connectivity index (χ1v) is 5.11. The number of ether oxygens (including phenoxy) is 2. The first-order chi connectivity index (χ1) is 6.70. The predicted octanol–water partition coefficient (Wildman–Crippen LogP) is 2.31. The Hall–Kier alpha value is -0.830. The standard InChI is InChI=1S/C11H20O3/c1-4-6-8-13-9-10(3)14-11(12)7-5-2/h5,7,10H,4,6,8-9H2,1-3H3/b7-5-/t10-/m0/s1. The van der Waals surface area contributed by atoms with Crippen LogP contribution in [0.15, 0.2) is 12.2 Å². The fourth-order valence-electron chi connectivity index (χ4n) is 0.903. The predicted molar refractivity (Wildman–Crippen MR) is 56.1 cm³/mol. The minimum atomic E-state index is -0.306. The molecule has 1 atom stereocenters. The summed E-state index contributed by atoms with van der Waals surface area (Å²) in [5.41, 5.74) is 0. The molecule has 3 nitrogen and oxygen atoms in total. The van der Waals surface area contributed by atoms with Crippen molar-refractivity contribution < 1.29 is 14.3 Å². The Kier molecular flexibility index (Phi) is 8.24.